The van der Waals surface area contributed by atoms with Gasteiger partial charge in [0.15, 0.2) is 0 Å². The summed E-state index contributed by atoms with van der Waals surface area (Å²) in [6, 6.07) is 4.79. The molecule has 3 rings (SSSR count). The van der Waals surface area contributed by atoms with Crippen LogP contribution in [0.4, 0.5) is 0 Å². The first-order chi connectivity index (χ1) is 11.5. The molecule has 0 radical (unpaired) electrons. The number of rotatable bonds is 4. The average molecular weight is 349 g/mol. The van der Waals surface area contributed by atoms with Crippen molar-refractivity contribution in [2.24, 2.45) is 0 Å². The monoisotopic (exact) mass is 349 g/mol. The second-order valence-electron chi connectivity index (χ2n) is 6.33. The number of nitrogens with zero attached hydrogens (tertiary/aromatic N) is 1. The molecular formula is C18H23NO4S. The molecule has 1 fully saturated rings. The first-order valence-corrected chi connectivity index (χ1v) is 9.69. The van der Waals surface area contributed by atoms with Crippen LogP contribution in [-0.4, -0.2) is 37.1 Å². The van der Waals surface area contributed by atoms with Gasteiger partial charge in [-0.1, -0.05) is 29.8 Å². The van der Waals surface area contributed by atoms with Gasteiger partial charge in [-0.3, -0.25) is 4.55 Å². The summed E-state index contributed by atoms with van der Waals surface area (Å²) >= 11 is 0. The van der Waals surface area contributed by atoms with Crippen molar-refractivity contribution in [2.75, 3.05) is 13.2 Å². The molecule has 0 amide bonds. The van der Waals surface area contributed by atoms with Crippen molar-refractivity contribution in [3.8, 4) is 0 Å². The van der Waals surface area contributed by atoms with E-state index in [1.807, 2.05) is 37.4 Å². The molecule has 1 saturated heterocycles. The molecule has 0 spiro atoms. The van der Waals surface area contributed by atoms with Gasteiger partial charge in [0, 0.05) is 19.4 Å². The van der Waals surface area contributed by atoms with Crippen molar-refractivity contribution >= 4 is 10.1 Å². The van der Waals surface area contributed by atoms with Gasteiger partial charge in [-0.15, -0.1) is 0 Å². The van der Waals surface area contributed by atoms with E-state index < -0.39 is 10.1 Å². The van der Waals surface area contributed by atoms with Crippen LogP contribution in [0.2, 0.25) is 0 Å². The Morgan fingerprint density at radius 3 is 2.75 bits per heavy atom. The molecule has 2 aliphatic heterocycles. The molecule has 24 heavy (non-hydrogen) atoms. The van der Waals surface area contributed by atoms with Crippen LogP contribution in [0.5, 0.6) is 0 Å². The van der Waals surface area contributed by atoms with Crippen LogP contribution in [-0.2, 0) is 14.9 Å². The number of aryl methyl sites for hydroxylation is 1. The lowest BCUT2D eigenvalue weighted by Crippen LogP contribution is -2.38. The van der Waals surface area contributed by atoms with Gasteiger partial charge in [-0.25, -0.2) is 0 Å². The second kappa shape index (κ2) is 7.09. The van der Waals surface area contributed by atoms with E-state index in [1.165, 1.54) is 6.07 Å². The zero-order valence-corrected chi connectivity index (χ0v) is 14.6. The molecule has 0 aromatic heterocycles. The van der Waals surface area contributed by atoms with E-state index in [4.69, 9.17) is 4.74 Å². The maximum atomic E-state index is 11.9. The molecule has 5 nitrogen and oxygen atoms in total. The fraction of sp³-hybridized carbons (Fsp3) is 0.444. The summed E-state index contributed by atoms with van der Waals surface area (Å²) in [5.74, 6) is 0. The number of ether oxygens (including phenoxy) is 1. The van der Waals surface area contributed by atoms with Crippen LogP contribution in [0.1, 0.15) is 36.4 Å². The van der Waals surface area contributed by atoms with Crippen molar-refractivity contribution in [1.29, 1.82) is 0 Å². The van der Waals surface area contributed by atoms with Crippen LogP contribution in [0, 0.1) is 6.92 Å². The van der Waals surface area contributed by atoms with Crippen LogP contribution in [0.15, 0.2) is 47.5 Å². The largest absolute Gasteiger partial charge is 0.376 e. The predicted octanol–water partition coefficient (Wildman–Crippen LogP) is 3.24. The highest BCUT2D eigenvalue weighted by Crippen LogP contribution is 2.36. The zero-order chi connectivity index (χ0) is 17.2. The molecule has 0 aliphatic carbocycles. The highest BCUT2D eigenvalue weighted by atomic mass is 32.2. The molecule has 2 unspecified atom stereocenters. The molecule has 1 N–H and O–H groups in total. The van der Waals surface area contributed by atoms with Gasteiger partial charge in [-0.05, 0) is 43.9 Å². The minimum absolute atomic E-state index is 0.0322. The van der Waals surface area contributed by atoms with Crippen LogP contribution in [0.3, 0.4) is 0 Å². The number of hydrogen-bond acceptors (Lipinski definition) is 4. The third kappa shape index (κ3) is 3.71. The van der Waals surface area contributed by atoms with Gasteiger partial charge in [0.25, 0.3) is 10.1 Å². The number of allylic oxidation sites excluding steroid dienone is 2. The van der Waals surface area contributed by atoms with Gasteiger partial charge in [0.1, 0.15) is 0 Å². The van der Waals surface area contributed by atoms with Crippen molar-refractivity contribution in [3.05, 3.63) is 53.8 Å². The lowest BCUT2D eigenvalue weighted by molar-refractivity contribution is -0.0316. The highest BCUT2D eigenvalue weighted by Gasteiger charge is 2.33. The Bertz CT molecular complexity index is 748. The summed E-state index contributed by atoms with van der Waals surface area (Å²) in [6.45, 7) is 3.28. The van der Waals surface area contributed by atoms with Gasteiger partial charge < -0.3 is 9.64 Å². The number of benzene rings is 1. The Morgan fingerprint density at radius 1 is 1.29 bits per heavy atom. The van der Waals surface area contributed by atoms with E-state index in [0.717, 1.165) is 24.8 Å². The summed E-state index contributed by atoms with van der Waals surface area (Å²) < 4.78 is 39.5. The Labute approximate surface area is 143 Å². The summed E-state index contributed by atoms with van der Waals surface area (Å²) in [7, 11) is -4.30. The fourth-order valence-electron chi connectivity index (χ4n) is 3.43. The van der Waals surface area contributed by atoms with E-state index in [1.54, 1.807) is 6.07 Å². The van der Waals surface area contributed by atoms with E-state index in [0.29, 0.717) is 18.7 Å². The SMILES string of the molecule is Cc1ccc(S(=O)(=O)O)c(C(C2CCCCO2)N2C=CC=CC2)c1. The topological polar surface area (TPSA) is 66.8 Å². The Hall–Kier alpha value is -1.63. The van der Waals surface area contributed by atoms with Crippen LogP contribution >= 0.6 is 0 Å². The quantitative estimate of drug-likeness (QED) is 0.845. The Morgan fingerprint density at radius 2 is 2.12 bits per heavy atom. The van der Waals surface area contributed by atoms with E-state index in [2.05, 4.69) is 4.90 Å². The average Bonchev–Trinajstić information content (AvgIpc) is 2.56. The summed E-state index contributed by atoms with van der Waals surface area (Å²) in [5, 5.41) is 0. The maximum absolute atomic E-state index is 11.9. The van der Waals surface area contributed by atoms with E-state index in [-0.39, 0.29) is 17.0 Å². The van der Waals surface area contributed by atoms with Crippen molar-refractivity contribution < 1.29 is 17.7 Å². The summed E-state index contributed by atoms with van der Waals surface area (Å²) in [4.78, 5) is 2.05. The second-order valence-corrected chi connectivity index (χ2v) is 7.72. The van der Waals surface area contributed by atoms with Crippen molar-refractivity contribution in [2.45, 2.75) is 43.2 Å². The highest BCUT2D eigenvalue weighted by molar-refractivity contribution is 7.85. The summed E-state index contributed by atoms with van der Waals surface area (Å²) in [6.07, 6.45) is 10.7. The standard InChI is InChI=1S/C18H23NO4S/c1-14-8-9-17(24(20,21)22)15(13-14)18(16-7-3-6-12-23-16)19-10-4-2-5-11-19/h2,4-5,8-10,13,16,18H,3,6-7,11-12H2,1H3,(H,20,21,22). The van der Waals surface area contributed by atoms with Crippen molar-refractivity contribution in [1.82, 2.24) is 4.90 Å². The molecule has 1 aromatic rings. The molecule has 130 valence electrons. The molecule has 6 heteroatoms. The molecule has 2 heterocycles. The lowest BCUT2D eigenvalue weighted by Gasteiger charge is -2.39. The van der Waals surface area contributed by atoms with Gasteiger partial charge in [-0.2, -0.15) is 8.42 Å². The van der Waals surface area contributed by atoms with E-state index >= 15 is 0 Å². The maximum Gasteiger partial charge on any atom is 0.294 e. The molecule has 1 aromatic carbocycles. The van der Waals surface area contributed by atoms with Gasteiger partial charge in [0.05, 0.1) is 17.0 Å². The minimum atomic E-state index is -4.30. The summed E-state index contributed by atoms with van der Waals surface area (Å²) in [5.41, 5.74) is 1.55. The minimum Gasteiger partial charge on any atom is -0.376 e. The third-order valence-corrected chi connectivity index (χ3v) is 5.45. The van der Waals surface area contributed by atoms with Crippen molar-refractivity contribution in [3.63, 3.8) is 0 Å². The first kappa shape index (κ1) is 17.2. The Kier molecular flexibility index (Phi) is 5.08. The molecule has 2 aliphatic rings. The lowest BCUT2D eigenvalue weighted by atomic mass is 9.93. The molecule has 0 bridgehead atoms. The van der Waals surface area contributed by atoms with Gasteiger partial charge >= 0.3 is 0 Å². The zero-order valence-electron chi connectivity index (χ0n) is 13.8. The van der Waals surface area contributed by atoms with Gasteiger partial charge in [0.2, 0.25) is 0 Å². The molecule has 2 atom stereocenters. The Balaban J connectivity index is 2.09. The normalized spacial score (nSPS) is 22.6. The van der Waals surface area contributed by atoms with E-state index in [9.17, 15) is 13.0 Å². The molecule has 0 saturated carbocycles. The molecular weight excluding hydrogens is 326 g/mol. The number of hydrogen-bond donors (Lipinski definition) is 1. The smallest absolute Gasteiger partial charge is 0.294 e. The fourth-order valence-corrected chi connectivity index (χ4v) is 4.15. The third-order valence-electron chi connectivity index (χ3n) is 4.53. The predicted molar refractivity (Wildman–Crippen MR) is 92.3 cm³/mol. The van der Waals surface area contributed by atoms with Crippen LogP contribution < -0.4 is 0 Å². The first-order valence-electron chi connectivity index (χ1n) is 8.25. The van der Waals surface area contributed by atoms with Crippen LogP contribution in [0.25, 0.3) is 0 Å².